The average molecular weight is 743 g/mol. The molecule has 0 N–H and O–H groups in total. The zero-order chi connectivity index (χ0) is 37.7. The second kappa shape index (κ2) is 11.9. The Morgan fingerprint density at radius 2 is 0.962 bits per heavy atom. The van der Waals surface area contributed by atoms with Crippen LogP contribution in [0.4, 0.5) is 27.6 Å². The summed E-state index contributed by atoms with van der Waals surface area (Å²) in [4.78, 5) is 37.9. The summed E-state index contributed by atoms with van der Waals surface area (Å²) in [6.07, 6.45) is 1.46. The first-order chi connectivity index (χ1) is 25.3. The predicted octanol–water partition coefficient (Wildman–Crippen LogP) is 9.24. The highest BCUT2D eigenvalue weighted by molar-refractivity contribution is 7.26. The first-order valence-corrected chi connectivity index (χ1v) is 17.6. The Labute approximate surface area is 306 Å². The van der Waals surface area contributed by atoms with E-state index in [2.05, 4.69) is 23.8 Å². The topological polar surface area (TPSA) is 154 Å². The standard InChI is InChI=1S/C39H18F4N6O2S2/c1-15-9-39(10-16(15)2)23-7-29(48-33-31(17(11-44)12-45)19-3-25(40)27(42)5-21(19)35(33)50)52-37(23)38-24(39)8-30(53-38)49-34-32(18(13-46)14-47)20-4-26(41)28(43)6-22(20)36(34)51/h3-8,15-16H,9-10H2,1-2H3/b48-33-,49-34-/t15-,16-/m0/s1. The highest BCUT2D eigenvalue weighted by Crippen LogP contribution is 2.65. The maximum atomic E-state index is 14.3. The Morgan fingerprint density at radius 1 is 0.623 bits per heavy atom. The van der Waals surface area contributed by atoms with E-state index in [0.29, 0.717) is 10.0 Å². The highest BCUT2D eigenvalue weighted by Gasteiger charge is 2.52. The van der Waals surface area contributed by atoms with Gasteiger partial charge in [0.2, 0.25) is 11.6 Å². The SMILES string of the molecule is C[C@H]1CC2(C[C@@H]1C)c1cc(/N=C3\C(=O)c4cc(F)c(F)cc4C3=C(C#N)C#N)sc1-c1sc(/N=C3\C(=O)c4cc(F)c(F)cc4C3=C(C#N)C#N)cc12. The molecule has 2 heterocycles. The number of hydrogen-bond donors (Lipinski definition) is 0. The first-order valence-electron chi connectivity index (χ1n) is 16.0. The van der Waals surface area contributed by atoms with E-state index in [1.54, 1.807) is 24.3 Å². The van der Waals surface area contributed by atoms with E-state index in [1.807, 2.05) is 12.1 Å². The summed E-state index contributed by atoms with van der Waals surface area (Å²) in [5.41, 5.74) is -1.21. The van der Waals surface area contributed by atoms with E-state index in [9.17, 15) is 48.2 Å². The first kappa shape index (κ1) is 33.8. The molecule has 2 atom stereocenters. The summed E-state index contributed by atoms with van der Waals surface area (Å²) < 4.78 is 57.1. The van der Waals surface area contributed by atoms with Gasteiger partial charge in [-0.1, -0.05) is 13.8 Å². The number of hydrogen-bond acceptors (Lipinski definition) is 10. The third-order valence-electron chi connectivity index (χ3n) is 10.4. The van der Waals surface area contributed by atoms with Crippen molar-refractivity contribution in [1.29, 1.82) is 21.0 Å². The van der Waals surface area contributed by atoms with Crippen LogP contribution < -0.4 is 0 Å². The van der Waals surface area contributed by atoms with Crippen LogP contribution in [0.1, 0.15) is 69.7 Å². The quantitative estimate of drug-likeness (QED) is 0.147. The Hall–Kier alpha value is -6.32. The molecule has 4 aliphatic carbocycles. The van der Waals surface area contributed by atoms with Gasteiger partial charge in [-0.05, 0) is 72.2 Å². The molecule has 1 fully saturated rings. The second-order valence-corrected chi connectivity index (χ2v) is 15.3. The van der Waals surface area contributed by atoms with E-state index in [4.69, 9.17) is 0 Å². The molecule has 1 spiro atoms. The van der Waals surface area contributed by atoms with Gasteiger partial charge in [0, 0.05) is 38.8 Å². The third-order valence-corrected chi connectivity index (χ3v) is 12.7. The van der Waals surface area contributed by atoms with Crippen LogP contribution in [-0.2, 0) is 5.41 Å². The van der Waals surface area contributed by atoms with E-state index in [0.717, 1.165) is 58.0 Å². The maximum Gasteiger partial charge on any atom is 0.212 e. The molecule has 1 saturated carbocycles. The number of fused-ring (bicyclic) bond motifs is 7. The van der Waals surface area contributed by atoms with Crippen LogP contribution in [0.25, 0.3) is 20.9 Å². The van der Waals surface area contributed by atoms with Crippen molar-refractivity contribution >= 4 is 66.8 Å². The van der Waals surface area contributed by atoms with Crippen LogP contribution in [0, 0.1) is 80.4 Å². The fourth-order valence-electron chi connectivity index (χ4n) is 7.92. The summed E-state index contributed by atoms with van der Waals surface area (Å²) in [5.74, 6) is -5.98. The van der Waals surface area contributed by atoms with E-state index < -0.39 is 51.4 Å². The number of allylic oxidation sites excluding steroid dienone is 4. The van der Waals surface area contributed by atoms with Crippen molar-refractivity contribution in [1.82, 2.24) is 0 Å². The van der Waals surface area contributed by atoms with Crippen molar-refractivity contribution in [3.8, 4) is 34.0 Å². The van der Waals surface area contributed by atoms with Crippen LogP contribution in [0.15, 0.2) is 57.5 Å². The lowest BCUT2D eigenvalue weighted by Crippen LogP contribution is -2.20. The molecule has 0 unspecified atom stereocenters. The third kappa shape index (κ3) is 4.73. The number of nitrogens with zero attached hydrogens (tertiary/aromatic N) is 6. The lowest BCUT2D eigenvalue weighted by molar-refractivity contribution is 0.106. The zero-order valence-electron chi connectivity index (χ0n) is 27.4. The molecule has 2 aromatic heterocycles. The van der Waals surface area contributed by atoms with Gasteiger partial charge >= 0.3 is 0 Å². The Kier molecular flexibility index (Phi) is 7.57. The summed E-state index contributed by atoms with van der Waals surface area (Å²) in [5, 5.41) is 39.5. The van der Waals surface area contributed by atoms with Gasteiger partial charge in [-0.25, -0.2) is 27.5 Å². The molecule has 8 rings (SSSR count). The molecule has 4 aromatic rings. The Morgan fingerprint density at radius 3 is 1.30 bits per heavy atom. The Bertz CT molecular complexity index is 2540. The number of benzene rings is 2. The number of ketones is 2. The molecule has 0 aliphatic heterocycles. The fourth-order valence-corrected chi connectivity index (χ4v) is 10.3. The minimum absolute atomic E-state index is 0.104. The lowest BCUT2D eigenvalue weighted by Gasteiger charge is -2.25. The fraction of sp³-hybridized carbons (Fsp3) is 0.179. The summed E-state index contributed by atoms with van der Waals surface area (Å²) in [6, 6.07) is 13.6. The number of Topliss-reactive ketones (excluding diaryl/α,β-unsaturated/α-hetero) is 2. The van der Waals surface area contributed by atoms with Crippen molar-refractivity contribution in [2.45, 2.75) is 32.1 Å². The van der Waals surface area contributed by atoms with E-state index in [-0.39, 0.29) is 56.7 Å². The smallest absolute Gasteiger partial charge is 0.212 e. The van der Waals surface area contributed by atoms with Gasteiger partial charge in [0.15, 0.2) is 23.3 Å². The van der Waals surface area contributed by atoms with Crippen molar-refractivity contribution in [3.63, 3.8) is 0 Å². The number of carbonyl (C=O) groups excluding carboxylic acids is 2. The van der Waals surface area contributed by atoms with Crippen LogP contribution >= 0.6 is 22.7 Å². The molecule has 14 heteroatoms. The number of aliphatic imine (C=N–C) groups is 2. The molecule has 256 valence electrons. The predicted molar refractivity (Wildman–Crippen MR) is 188 cm³/mol. The van der Waals surface area contributed by atoms with Gasteiger partial charge in [-0.3, -0.25) is 9.59 Å². The van der Waals surface area contributed by atoms with Gasteiger partial charge in [0.1, 0.15) is 56.8 Å². The zero-order valence-corrected chi connectivity index (χ0v) is 29.0. The van der Waals surface area contributed by atoms with Gasteiger partial charge in [-0.15, -0.1) is 22.7 Å². The molecule has 0 radical (unpaired) electrons. The Balaban J connectivity index is 1.29. The molecular weight excluding hydrogens is 725 g/mol. The number of nitriles is 4. The van der Waals surface area contributed by atoms with Crippen molar-refractivity contribution < 1.29 is 27.2 Å². The largest absolute Gasteiger partial charge is 0.287 e. The van der Waals surface area contributed by atoms with Crippen LogP contribution in [0.5, 0.6) is 0 Å². The monoisotopic (exact) mass is 742 g/mol. The number of thiophene rings is 2. The molecule has 0 amide bonds. The van der Waals surface area contributed by atoms with E-state index in [1.165, 1.54) is 22.7 Å². The van der Waals surface area contributed by atoms with Crippen molar-refractivity contribution in [2.24, 2.45) is 21.8 Å². The van der Waals surface area contributed by atoms with Gasteiger partial charge < -0.3 is 0 Å². The van der Waals surface area contributed by atoms with E-state index >= 15 is 0 Å². The summed E-state index contributed by atoms with van der Waals surface area (Å²) in [7, 11) is 0. The maximum absolute atomic E-state index is 14.3. The second-order valence-electron chi connectivity index (χ2n) is 13.2. The van der Waals surface area contributed by atoms with Crippen molar-refractivity contribution in [3.05, 3.63) is 104 Å². The molecule has 0 bridgehead atoms. The molecule has 53 heavy (non-hydrogen) atoms. The van der Waals surface area contributed by atoms with Crippen molar-refractivity contribution in [2.75, 3.05) is 0 Å². The van der Waals surface area contributed by atoms with Gasteiger partial charge in [0.25, 0.3) is 0 Å². The molecule has 2 aromatic carbocycles. The molecule has 0 saturated heterocycles. The molecule has 8 nitrogen and oxygen atoms in total. The van der Waals surface area contributed by atoms with Crippen LogP contribution in [0.2, 0.25) is 0 Å². The van der Waals surface area contributed by atoms with Crippen LogP contribution in [0.3, 0.4) is 0 Å². The minimum atomic E-state index is -1.26. The average Bonchev–Trinajstić information content (AvgIpc) is 3.95. The number of rotatable bonds is 2. The highest BCUT2D eigenvalue weighted by atomic mass is 32.1. The normalized spacial score (nSPS) is 20.3. The van der Waals surface area contributed by atoms with Gasteiger partial charge in [-0.2, -0.15) is 21.0 Å². The number of carbonyl (C=O) groups is 2. The summed E-state index contributed by atoms with van der Waals surface area (Å²) in [6.45, 7) is 4.28. The molecule has 4 aliphatic rings. The van der Waals surface area contributed by atoms with Crippen LogP contribution in [-0.4, -0.2) is 23.0 Å². The lowest BCUT2D eigenvalue weighted by atomic mass is 9.77. The number of halogens is 4. The molecular formula is C39H18F4N6O2S2. The minimum Gasteiger partial charge on any atom is -0.287 e. The summed E-state index contributed by atoms with van der Waals surface area (Å²) >= 11 is 2.47. The van der Waals surface area contributed by atoms with Gasteiger partial charge in [0.05, 0.1) is 9.75 Å².